The Morgan fingerprint density at radius 3 is 3.05 bits per heavy atom. The maximum atomic E-state index is 12.6. The summed E-state index contributed by atoms with van der Waals surface area (Å²) in [6.45, 7) is 4.01. The van der Waals surface area contributed by atoms with Gasteiger partial charge in [0.25, 0.3) is 0 Å². The highest BCUT2D eigenvalue weighted by Crippen LogP contribution is 2.33. The zero-order chi connectivity index (χ0) is 13.4. The van der Waals surface area contributed by atoms with Crippen molar-refractivity contribution in [1.29, 1.82) is 0 Å². The number of hydrogen-bond donors (Lipinski definition) is 1. The number of nitrogens with zero attached hydrogens (tertiary/aromatic N) is 1. The third-order valence-electron chi connectivity index (χ3n) is 3.82. The van der Waals surface area contributed by atoms with Crippen molar-refractivity contribution in [2.75, 3.05) is 24.6 Å². The maximum Gasteiger partial charge on any atom is 0.246 e. The van der Waals surface area contributed by atoms with Crippen LogP contribution in [0.25, 0.3) is 0 Å². The topological polar surface area (TPSA) is 41.6 Å². The molecular formula is C14H18Cl2N2O2. The quantitative estimate of drug-likeness (QED) is 0.862. The van der Waals surface area contributed by atoms with E-state index in [9.17, 15) is 4.79 Å². The summed E-state index contributed by atoms with van der Waals surface area (Å²) in [6.07, 6.45) is 0.729. The van der Waals surface area contributed by atoms with Crippen LogP contribution < -0.4 is 10.2 Å². The van der Waals surface area contributed by atoms with Gasteiger partial charge in [-0.15, -0.1) is 12.4 Å². The molecule has 1 saturated heterocycles. The van der Waals surface area contributed by atoms with Gasteiger partial charge in [-0.1, -0.05) is 17.7 Å². The first-order valence-electron chi connectivity index (χ1n) is 6.62. The Labute approximate surface area is 129 Å². The minimum atomic E-state index is -0.265. The van der Waals surface area contributed by atoms with Gasteiger partial charge in [-0.05, 0) is 31.0 Å². The van der Waals surface area contributed by atoms with Crippen LogP contribution in [0, 0.1) is 0 Å². The van der Waals surface area contributed by atoms with Gasteiger partial charge in [-0.3, -0.25) is 4.79 Å². The molecule has 0 unspecified atom stereocenters. The molecule has 1 N–H and O–H groups in total. The second-order valence-corrected chi connectivity index (χ2v) is 5.39. The fourth-order valence-corrected chi connectivity index (χ4v) is 3.06. The number of hydrogen-bond acceptors (Lipinski definition) is 3. The van der Waals surface area contributed by atoms with E-state index in [1.54, 1.807) is 0 Å². The highest BCUT2D eigenvalue weighted by molar-refractivity contribution is 6.32. The fourth-order valence-electron chi connectivity index (χ4n) is 2.80. The molecule has 2 aliphatic heterocycles. The van der Waals surface area contributed by atoms with E-state index in [2.05, 4.69) is 5.32 Å². The SMILES string of the molecule is C[C@H]1OCCN[C@@H]1C(=O)N1CCc2c(Cl)cccc21.Cl. The second kappa shape index (κ2) is 6.31. The number of nitrogens with one attached hydrogen (secondary N) is 1. The molecule has 110 valence electrons. The summed E-state index contributed by atoms with van der Waals surface area (Å²) >= 11 is 6.18. The zero-order valence-corrected chi connectivity index (χ0v) is 12.8. The van der Waals surface area contributed by atoms with Crippen LogP contribution in [0.3, 0.4) is 0 Å². The Morgan fingerprint density at radius 1 is 1.50 bits per heavy atom. The lowest BCUT2D eigenvalue weighted by atomic mass is 10.1. The average molecular weight is 317 g/mol. The lowest BCUT2D eigenvalue weighted by Gasteiger charge is -2.32. The molecule has 4 nitrogen and oxygen atoms in total. The number of halogens is 2. The summed E-state index contributed by atoms with van der Waals surface area (Å²) in [5.41, 5.74) is 2.01. The molecule has 2 heterocycles. The van der Waals surface area contributed by atoms with Crippen molar-refractivity contribution in [3.8, 4) is 0 Å². The molecule has 20 heavy (non-hydrogen) atoms. The van der Waals surface area contributed by atoms with E-state index < -0.39 is 0 Å². The monoisotopic (exact) mass is 316 g/mol. The average Bonchev–Trinajstić information content (AvgIpc) is 2.84. The Balaban J connectivity index is 0.00000147. The van der Waals surface area contributed by atoms with Crippen LogP contribution >= 0.6 is 24.0 Å². The molecule has 1 amide bonds. The van der Waals surface area contributed by atoms with Crippen LogP contribution in [-0.2, 0) is 16.0 Å². The molecule has 1 aromatic carbocycles. The summed E-state index contributed by atoms with van der Waals surface area (Å²) in [5.74, 6) is 0.0771. The summed E-state index contributed by atoms with van der Waals surface area (Å²) in [6, 6.07) is 5.46. The Morgan fingerprint density at radius 2 is 2.30 bits per heavy atom. The summed E-state index contributed by atoms with van der Waals surface area (Å²) < 4.78 is 5.55. The highest BCUT2D eigenvalue weighted by atomic mass is 35.5. The Hall–Kier alpha value is -0.810. The smallest absolute Gasteiger partial charge is 0.246 e. The first-order chi connectivity index (χ1) is 9.18. The lowest BCUT2D eigenvalue weighted by molar-refractivity contribution is -0.126. The number of fused-ring (bicyclic) bond motifs is 1. The van der Waals surface area contributed by atoms with Gasteiger partial charge >= 0.3 is 0 Å². The van der Waals surface area contributed by atoms with E-state index in [1.807, 2.05) is 30.0 Å². The van der Waals surface area contributed by atoms with Crippen molar-refractivity contribution in [1.82, 2.24) is 5.32 Å². The van der Waals surface area contributed by atoms with E-state index in [4.69, 9.17) is 16.3 Å². The molecule has 0 spiro atoms. The summed E-state index contributed by atoms with van der Waals surface area (Å²) in [7, 11) is 0. The van der Waals surface area contributed by atoms with Crippen molar-refractivity contribution in [3.63, 3.8) is 0 Å². The van der Waals surface area contributed by atoms with Gasteiger partial charge in [-0.25, -0.2) is 0 Å². The molecule has 0 saturated carbocycles. The number of carbonyl (C=O) groups is 1. The minimum Gasteiger partial charge on any atom is -0.375 e. The molecule has 0 radical (unpaired) electrons. The number of anilines is 1. The Kier molecular flexibility index (Phi) is 4.91. The van der Waals surface area contributed by atoms with Gasteiger partial charge < -0.3 is 15.0 Å². The van der Waals surface area contributed by atoms with Crippen molar-refractivity contribution in [2.45, 2.75) is 25.5 Å². The largest absolute Gasteiger partial charge is 0.375 e. The van der Waals surface area contributed by atoms with E-state index in [1.165, 1.54) is 0 Å². The van der Waals surface area contributed by atoms with Gasteiger partial charge in [0, 0.05) is 23.8 Å². The van der Waals surface area contributed by atoms with E-state index in [0.717, 1.165) is 29.2 Å². The number of benzene rings is 1. The van der Waals surface area contributed by atoms with Crippen molar-refractivity contribution in [2.24, 2.45) is 0 Å². The van der Waals surface area contributed by atoms with Crippen molar-refractivity contribution >= 4 is 35.6 Å². The lowest BCUT2D eigenvalue weighted by Crippen LogP contribution is -2.56. The molecule has 6 heteroatoms. The summed E-state index contributed by atoms with van der Waals surface area (Å²) in [4.78, 5) is 14.4. The molecule has 1 fully saturated rings. The third kappa shape index (κ3) is 2.66. The van der Waals surface area contributed by atoms with Gasteiger partial charge in [-0.2, -0.15) is 0 Å². The van der Waals surface area contributed by atoms with Crippen molar-refractivity contribution in [3.05, 3.63) is 28.8 Å². The molecular weight excluding hydrogens is 299 g/mol. The number of amides is 1. The van der Waals surface area contributed by atoms with Crippen LogP contribution in [0.2, 0.25) is 5.02 Å². The molecule has 2 atom stereocenters. The molecule has 1 aromatic rings. The molecule has 0 aromatic heterocycles. The third-order valence-corrected chi connectivity index (χ3v) is 4.17. The molecule has 2 aliphatic rings. The zero-order valence-electron chi connectivity index (χ0n) is 11.3. The number of carbonyl (C=O) groups excluding carboxylic acids is 1. The number of ether oxygens (including phenoxy) is 1. The van der Waals surface area contributed by atoms with Crippen LogP contribution in [0.1, 0.15) is 12.5 Å². The minimum absolute atomic E-state index is 0. The number of morpholine rings is 1. The highest BCUT2D eigenvalue weighted by Gasteiger charge is 2.35. The maximum absolute atomic E-state index is 12.6. The number of rotatable bonds is 1. The molecule has 0 bridgehead atoms. The first kappa shape index (κ1) is 15.6. The standard InChI is InChI=1S/C14H17ClN2O2.ClH/c1-9-13(16-6-8-19-9)14(18)17-7-5-10-11(15)3-2-4-12(10)17;/h2-4,9,13,16H,5-8H2,1H3;1H/t9-,13+;/m1./s1. The Bertz CT molecular complexity index is 510. The summed E-state index contributed by atoms with van der Waals surface area (Å²) in [5, 5.41) is 3.99. The van der Waals surface area contributed by atoms with Crippen LogP contribution in [-0.4, -0.2) is 37.7 Å². The normalized spacial score (nSPS) is 25.0. The van der Waals surface area contributed by atoms with Gasteiger partial charge in [0.15, 0.2) is 0 Å². The van der Waals surface area contributed by atoms with Crippen LogP contribution in [0.4, 0.5) is 5.69 Å². The van der Waals surface area contributed by atoms with E-state index in [-0.39, 0.29) is 30.5 Å². The van der Waals surface area contributed by atoms with Crippen LogP contribution in [0.5, 0.6) is 0 Å². The predicted octanol–water partition coefficient (Wildman–Crippen LogP) is 2.03. The van der Waals surface area contributed by atoms with E-state index in [0.29, 0.717) is 13.2 Å². The van der Waals surface area contributed by atoms with Gasteiger partial charge in [0.1, 0.15) is 6.04 Å². The fraction of sp³-hybridized carbons (Fsp3) is 0.500. The molecule has 0 aliphatic carbocycles. The first-order valence-corrected chi connectivity index (χ1v) is 7.00. The molecule has 3 rings (SSSR count). The van der Waals surface area contributed by atoms with E-state index >= 15 is 0 Å². The van der Waals surface area contributed by atoms with Gasteiger partial charge in [0.05, 0.1) is 12.7 Å². The van der Waals surface area contributed by atoms with Crippen LogP contribution in [0.15, 0.2) is 18.2 Å². The predicted molar refractivity (Wildman–Crippen MR) is 82.0 cm³/mol. The van der Waals surface area contributed by atoms with Crippen molar-refractivity contribution < 1.29 is 9.53 Å². The second-order valence-electron chi connectivity index (χ2n) is 4.99. The van der Waals surface area contributed by atoms with Gasteiger partial charge in [0.2, 0.25) is 5.91 Å².